The maximum Gasteiger partial charge on any atom is 0.417 e. The van der Waals surface area contributed by atoms with Crippen LogP contribution < -0.4 is 10.0 Å². The average Bonchev–Trinajstić information content (AvgIpc) is 3.21. The lowest BCUT2D eigenvalue weighted by Gasteiger charge is -2.36. The number of hydrogen-bond acceptors (Lipinski definition) is 4. The number of sulfonamides is 1. The lowest BCUT2D eigenvalue weighted by molar-refractivity contribution is -0.140. The van der Waals surface area contributed by atoms with Gasteiger partial charge < -0.3 is 15.1 Å². The van der Waals surface area contributed by atoms with E-state index in [4.69, 9.17) is 0 Å². The van der Waals surface area contributed by atoms with Crippen LogP contribution in [0.25, 0.3) is 0 Å². The monoisotopic (exact) mass is 582 g/mol. The van der Waals surface area contributed by atoms with E-state index in [-0.39, 0.29) is 42.3 Å². The Kier molecular flexibility index (Phi) is 8.12. The second kappa shape index (κ2) is 10.3. The third-order valence-electron chi connectivity index (χ3n) is 5.95. The van der Waals surface area contributed by atoms with Gasteiger partial charge in [-0.3, -0.25) is 4.79 Å². The number of halogens is 4. The van der Waals surface area contributed by atoms with Crippen molar-refractivity contribution in [3.63, 3.8) is 0 Å². The Balaban J connectivity index is 1.63. The number of urea groups is 1. The fourth-order valence-electron chi connectivity index (χ4n) is 4.33. The van der Waals surface area contributed by atoms with Crippen molar-refractivity contribution in [1.29, 1.82) is 0 Å². The van der Waals surface area contributed by atoms with Gasteiger partial charge in [0.25, 0.3) is 0 Å². The summed E-state index contributed by atoms with van der Waals surface area (Å²) >= 11 is 2.95. The summed E-state index contributed by atoms with van der Waals surface area (Å²) in [4.78, 5) is 28.0. The molecule has 13 heteroatoms. The lowest BCUT2D eigenvalue weighted by Crippen LogP contribution is -2.56. The van der Waals surface area contributed by atoms with Crippen LogP contribution in [0.5, 0.6) is 0 Å². The first-order valence-corrected chi connectivity index (χ1v) is 13.6. The molecule has 0 radical (unpaired) electrons. The smallest absolute Gasteiger partial charge is 0.341 e. The number of carbonyl (C=O) groups is 2. The second-order valence-corrected chi connectivity index (χ2v) is 12.5. The number of hydrogen-bond donors (Lipinski definition) is 2. The zero-order chi connectivity index (χ0) is 26.2. The van der Waals surface area contributed by atoms with Crippen molar-refractivity contribution in [2.24, 2.45) is 0 Å². The van der Waals surface area contributed by atoms with E-state index in [1.165, 1.54) is 11.0 Å². The highest BCUT2D eigenvalue weighted by molar-refractivity contribution is 9.10. The lowest BCUT2D eigenvalue weighted by atomic mass is 10.0. The van der Waals surface area contributed by atoms with Gasteiger partial charge in [0.2, 0.25) is 15.9 Å². The Morgan fingerprint density at radius 1 is 1.06 bits per heavy atom. The molecule has 2 aliphatic rings. The van der Waals surface area contributed by atoms with Gasteiger partial charge in [-0.15, -0.1) is 0 Å². The number of rotatable bonds is 4. The summed E-state index contributed by atoms with van der Waals surface area (Å²) in [6.07, 6.45) is -3.07. The minimum atomic E-state index is -4.84. The molecule has 3 amide bonds. The molecule has 35 heavy (non-hydrogen) atoms. The van der Waals surface area contributed by atoms with Crippen LogP contribution in [0.2, 0.25) is 0 Å². The number of benzene rings is 1. The molecule has 0 bridgehead atoms. The number of amides is 3. The summed E-state index contributed by atoms with van der Waals surface area (Å²) in [6.45, 7) is 6.53. The molecule has 2 saturated heterocycles. The molecule has 0 saturated carbocycles. The summed E-state index contributed by atoms with van der Waals surface area (Å²) in [6, 6.07) is 1.41. The van der Waals surface area contributed by atoms with E-state index in [0.717, 1.165) is 12.1 Å². The molecule has 2 aliphatic heterocycles. The molecule has 2 heterocycles. The van der Waals surface area contributed by atoms with Crippen LogP contribution in [0, 0.1) is 0 Å². The Morgan fingerprint density at radius 2 is 1.69 bits per heavy atom. The molecule has 2 fully saturated rings. The molecule has 3 rings (SSSR count). The predicted molar refractivity (Wildman–Crippen MR) is 127 cm³/mol. The highest BCUT2D eigenvalue weighted by Crippen LogP contribution is 2.36. The SMILES string of the molecule is CC(C)(C)NC(=O)N1CCC[C@H]1C(=O)N1CCC(NS(=O)(=O)c2ccc(Br)cc2C(F)(F)F)CC1. The van der Waals surface area contributed by atoms with E-state index in [1.807, 2.05) is 20.8 Å². The van der Waals surface area contributed by atoms with Crippen molar-refractivity contribution in [3.05, 3.63) is 28.2 Å². The molecular weight excluding hydrogens is 553 g/mol. The maximum atomic E-state index is 13.4. The van der Waals surface area contributed by atoms with Gasteiger partial charge in [-0.05, 0) is 64.7 Å². The van der Waals surface area contributed by atoms with Gasteiger partial charge in [0.05, 0.1) is 10.5 Å². The van der Waals surface area contributed by atoms with E-state index in [2.05, 4.69) is 26.0 Å². The van der Waals surface area contributed by atoms with E-state index < -0.39 is 44.3 Å². The van der Waals surface area contributed by atoms with Crippen LogP contribution in [-0.4, -0.2) is 67.4 Å². The molecule has 196 valence electrons. The zero-order valence-electron chi connectivity index (χ0n) is 19.8. The summed E-state index contributed by atoms with van der Waals surface area (Å²) < 4.78 is 68.3. The summed E-state index contributed by atoms with van der Waals surface area (Å²) in [7, 11) is -4.44. The van der Waals surface area contributed by atoms with Crippen molar-refractivity contribution in [2.45, 2.75) is 75.1 Å². The van der Waals surface area contributed by atoms with Crippen molar-refractivity contribution in [2.75, 3.05) is 19.6 Å². The van der Waals surface area contributed by atoms with E-state index in [0.29, 0.717) is 19.4 Å². The van der Waals surface area contributed by atoms with Crippen LogP contribution in [0.4, 0.5) is 18.0 Å². The van der Waals surface area contributed by atoms with Crippen LogP contribution >= 0.6 is 15.9 Å². The van der Waals surface area contributed by atoms with Crippen molar-refractivity contribution in [1.82, 2.24) is 19.8 Å². The molecule has 0 unspecified atom stereocenters. The minimum Gasteiger partial charge on any atom is -0.341 e. The summed E-state index contributed by atoms with van der Waals surface area (Å²) in [5.41, 5.74) is -1.69. The second-order valence-electron chi connectivity index (χ2n) is 9.89. The molecule has 1 atom stereocenters. The fourth-order valence-corrected chi connectivity index (χ4v) is 6.20. The quantitative estimate of drug-likeness (QED) is 0.565. The van der Waals surface area contributed by atoms with Gasteiger partial charge in [-0.2, -0.15) is 13.2 Å². The summed E-state index contributed by atoms with van der Waals surface area (Å²) in [5.74, 6) is -0.194. The Labute approximate surface area is 211 Å². The first kappa shape index (κ1) is 27.7. The summed E-state index contributed by atoms with van der Waals surface area (Å²) in [5, 5.41) is 2.87. The number of likely N-dealkylation sites (tertiary alicyclic amines) is 2. The Hall–Kier alpha value is -1.86. The van der Waals surface area contributed by atoms with Gasteiger partial charge in [0.15, 0.2) is 0 Å². The van der Waals surface area contributed by atoms with E-state index in [1.54, 1.807) is 4.90 Å². The number of alkyl halides is 3. The third kappa shape index (κ3) is 6.88. The van der Waals surface area contributed by atoms with E-state index in [9.17, 15) is 31.2 Å². The van der Waals surface area contributed by atoms with Crippen LogP contribution in [-0.2, 0) is 21.0 Å². The molecule has 0 aromatic heterocycles. The molecule has 8 nitrogen and oxygen atoms in total. The first-order valence-electron chi connectivity index (χ1n) is 11.3. The molecule has 2 N–H and O–H groups in total. The predicted octanol–water partition coefficient (Wildman–Crippen LogP) is 3.71. The zero-order valence-corrected chi connectivity index (χ0v) is 22.2. The highest BCUT2D eigenvalue weighted by Gasteiger charge is 2.40. The Bertz CT molecular complexity index is 1070. The molecule has 0 aliphatic carbocycles. The van der Waals surface area contributed by atoms with Crippen molar-refractivity contribution < 1.29 is 31.2 Å². The minimum absolute atomic E-state index is 0.118. The highest BCUT2D eigenvalue weighted by atomic mass is 79.9. The fraction of sp³-hybridized carbons (Fsp3) is 0.636. The average molecular weight is 583 g/mol. The molecule has 0 spiro atoms. The van der Waals surface area contributed by atoms with Crippen molar-refractivity contribution in [3.8, 4) is 0 Å². The van der Waals surface area contributed by atoms with Gasteiger partial charge >= 0.3 is 12.2 Å². The normalized spacial score (nSPS) is 20.3. The van der Waals surface area contributed by atoms with Crippen LogP contribution in [0.3, 0.4) is 0 Å². The standard InChI is InChI=1S/C22H30BrF3N4O4S/c1-21(2,3)27-20(32)30-10-4-5-17(30)19(31)29-11-8-15(9-12-29)28-35(33,34)18-7-6-14(23)13-16(18)22(24,25)26/h6-7,13,15,17,28H,4-5,8-12H2,1-3H3,(H,27,32)/t17-/m0/s1. The van der Waals surface area contributed by atoms with Gasteiger partial charge in [0, 0.05) is 35.7 Å². The van der Waals surface area contributed by atoms with Gasteiger partial charge in [-0.1, -0.05) is 15.9 Å². The van der Waals surface area contributed by atoms with Crippen LogP contribution in [0.1, 0.15) is 52.0 Å². The molecule has 1 aromatic carbocycles. The number of carbonyl (C=O) groups excluding carboxylic acids is 2. The number of nitrogens with zero attached hydrogens (tertiary/aromatic N) is 2. The largest absolute Gasteiger partial charge is 0.417 e. The number of nitrogens with one attached hydrogen (secondary N) is 2. The topological polar surface area (TPSA) is 98.8 Å². The molecular formula is C22H30BrF3N4O4S. The van der Waals surface area contributed by atoms with E-state index >= 15 is 0 Å². The first-order chi connectivity index (χ1) is 16.1. The van der Waals surface area contributed by atoms with Gasteiger partial charge in [-0.25, -0.2) is 17.9 Å². The number of piperidine rings is 1. The Morgan fingerprint density at radius 3 is 2.26 bits per heavy atom. The third-order valence-corrected chi connectivity index (χ3v) is 8.02. The van der Waals surface area contributed by atoms with Crippen LogP contribution in [0.15, 0.2) is 27.6 Å². The van der Waals surface area contributed by atoms with Gasteiger partial charge in [0.1, 0.15) is 6.04 Å². The maximum absolute atomic E-state index is 13.4. The van der Waals surface area contributed by atoms with Crippen molar-refractivity contribution >= 4 is 37.9 Å². The molecule has 1 aromatic rings.